The van der Waals surface area contributed by atoms with E-state index in [0.717, 1.165) is 15.3 Å². The van der Waals surface area contributed by atoms with Crippen LogP contribution in [0.2, 0.25) is 0 Å². The highest BCUT2D eigenvalue weighted by Crippen LogP contribution is 2.29. The Hall–Kier alpha value is -1.70. The summed E-state index contributed by atoms with van der Waals surface area (Å²) >= 11 is 1.51. The molecule has 0 aliphatic heterocycles. The summed E-state index contributed by atoms with van der Waals surface area (Å²) in [4.78, 5) is 4.43. The number of hydrogen-bond acceptors (Lipinski definition) is 6. The van der Waals surface area contributed by atoms with Crippen LogP contribution in [-0.2, 0) is 0 Å². The molecule has 0 aliphatic carbocycles. The molecular weight excluding hydrogens is 293 g/mol. The standard InChI is InChI=1S/C14H18FN3O2S/c15-7-10(8-16)9-20-11-2-3-12-13(6-11)21-14(18-12)17-4-1-5-19/h2-3,6-7,19H,1,4-5,8-9,16H2,(H,17,18). The van der Waals surface area contributed by atoms with Gasteiger partial charge in [-0.2, -0.15) is 0 Å². The summed E-state index contributed by atoms with van der Waals surface area (Å²) in [6.45, 7) is 1.11. The fourth-order valence-electron chi connectivity index (χ4n) is 1.66. The third-order valence-corrected chi connectivity index (χ3v) is 3.79. The van der Waals surface area contributed by atoms with E-state index >= 15 is 0 Å². The maximum Gasteiger partial charge on any atom is 0.183 e. The SMILES string of the molecule is NCC(=CF)COc1ccc2nc(NCCCO)sc2c1. The van der Waals surface area contributed by atoms with E-state index in [-0.39, 0.29) is 19.8 Å². The van der Waals surface area contributed by atoms with Gasteiger partial charge in [0.15, 0.2) is 5.13 Å². The van der Waals surface area contributed by atoms with Crippen molar-refractivity contribution in [2.75, 3.05) is 31.6 Å². The molecular formula is C14H18FN3O2S. The Kier molecular flexibility index (Phi) is 5.91. The first-order valence-corrected chi connectivity index (χ1v) is 7.44. The normalized spacial score (nSPS) is 11.9. The van der Waals surface area contributed by atoms with Crippen molar-refractivity contribution in [3.8, 4) is 5.75 Å². The molecule has 0 amide bonds. The molecule has 0 spiro atoms. The molecule has 2 aromatic rings. The van der Waals surface area contributed by atoms with Crippen LogP contribution in [0, 0.1) is 0 Å². The van der Waals surface area contributed by atoms with Crippen molar-refractivity contribution in [1.82, 2.24) is 4.98 Å². The average molecular weight is 311 g/mol. The van der Waals surface area contributed by atoms with Gasteiger partial charge in [0, 0.05) is 25.3 Å². The van der Waals surface area contributed by atoms with E-state index in [1.54, 1.807) is 6.07 Å². The van der Waals surface area contributed by atoms with Gasteiger partial charge in [-0.3, -0.25) is 0 Å². The topological polar surface area (TPSA) is 80.4 Å². The Bertz CT molecular complexity index is 615. The Morgan fingerprint density at radius 1 is 1.52 bits per heavy atom. The van der Waals surface area contributed by atoms with Gasteiger partial charge < -0.3 is 20.9 Å². The van der Waals surface area contributed by atoms with Crippen LogP contribution in [-0.4, -0.2) is 36.4 Å². The second kappa shape index (κ2) is 7.92. The highest BCUT2D eigenvalue weighted by molar-refractivity contribution is 7.22. The average Bonchev–Trinajstić information content (AvgIpc) is 2.90. The van der Waals surface area contributed by atoms with Gasteiger partial charge in [0.05, 0.1) is 16.5 Å². The van der Waals surface area contributed by atoms with Gasteiger partial charge in [-0.1, -0.05) is 11.3 Å². The fraction of sp³-hybridized carbons (Fsp3) is 0.357. The van der Waals surface area contributed by atoms with Crippen LogP contribution in [0.3, 0.4) is 0 Å². The van der Waals surface area contributed by atoms with Crippen LogP contribution in [0.15, 0.2) is 30.1 Å². The number of aromatic nitrogens is 1. The minimum atomic E-state index is 0.137. The molecule has 4 N–H and O–H groups in total. The number of anilines is 1. The van der Waals surface area contributed by atoms with Crippen LogP contribution < -0.4 is 15.8 Å². The number of nitrogens with two attached hydrogens (primary N) is 1. The quantitative estimate of drug-likeness (QED) is 0.652. The van der Waals surface area contributed by atoms with Crippen molar-refractivity contribution < 1.29 is 14.2 Å². The summed E-state index contributed by atoms with van der Waals surface area (Å²) in [7, 11) is 0. The number of aliphatic hydroxyl groups excluding tert-OH is 1. The first-order valence-electron chi connectivity index (χ1n) is 6.63. The van der Waals surface area contributed by atoms with Crippen LogP contribution >= 0.6 is 11.3 Å². The molecule has 0 saturated heterocycles. The first-order chi connectivity index (χ1) is 10.3. The Labute approximate surface area is 126 Å². The Morgan fingerprint density at radius 3 is 3.10 bits per heavy atom. The van der Waals surface area contributed by atoms with Gasteiger partial charge >= 0.3 is 0 Å². The first kappa shape index (κ1) is 15.7. The molecule has 1 aromatic heterocycles. The minimum absolute atomic E-state index is 0.137. The molecule has 21 heavy (non-hydrogen) atoms. The van der Waals surface area contributed by atoms with Crippen molar-refractivity contribution in [3.05, 3.63) is 30.1 Å². The molecule has 1 heterocycles. The number of nitrogens with one attached hydrogen (secondary N) is 1. The number of nitrogens with zero attached hydrogens (tertiary/aromatic N) is 1. The summed E-state index contributed by atoms with van der Waals surface area (Å²) in [5.41, 5.74) is 6.66. The van der Waals surface area contributed by atoms with Gasteiger partial charge in [0.2, 0.25) is 0 Å². The minimum Gasteiger partial charge on any atom is -0.489 e. The number of halogens is 1. The maximum absolute atomic E-state index is 12.4. The van der Waals surface area contributed by atoms with Crippen LogP contribution in [0.5, 0.6) is 5.75 Å². The number of ether oxygens (including phenoxy) is 1. The van der Waals surface area contributed by atoms with Gasteiger partial charge in [-0.25, -0.2) is 9.37 Å². The van der Waals surface area contributed by atoms with Gasteiger partial charge in [0.25, 0.3) is 0 Å². The van der Waals surface area contributed by atoms with Crippen molar-refractivity contribution in [2.45, 2.75) is 6.42 Å². The lowest BCUT2D eigenvalue weighted by Gasteiger charge is -2.06. The summed E-state index contributed by atoms with van der Waals surface area (Å²) in [5.74, 6) is 0.654. The van der Waals surface area contributed by atoms with Gasteiger partial charge in [-0.05, 0) is 24.6 Å². The molecule has 2 rings (SSSR count). The zero-order valence-electron chi connectivity index (χ0n) is 11.5. The second-order valence-electron chi connectivity index (χ2n) is 4.41. The molecule has 0 atom stereocenters. The van der Waals surface area contributed by atoms with E-state index < -0.39 is 0 Å². The highest BCUT2D eigenvalue weighted by Gasteiger charge is 2.05. The monoisotopic (exact) mass is 311 g/mol. The van der Waals surface area contributed by atoms with Crippen molar-refractivity contribution in [1.29, 1.82) is 0 Å². The lowest BCUT2D eigenvalue weighted by Crippen LogP contribution is -2.10. The van der Waals surface area contributed by atoms with Gasteiger partial charge in [-0.15, -0.1) is 0 Å². The number of rotatable bonds is 8. The predicted molar refractivity (Wildman–Crippen MR) is 83.6 cm³/mol. The second-order valence-corrected chi connectivity index (χ2v) is 5.44. The maximum atomic E-state index is 12.4. The molecule has 1 aromatic carbocycles. The van der Waals surface area contributed by atoms with Crippen LogP contribution in [0.4, 0.5) is 9.52 Å². The summed E-state index contributed by atoms with van der Waals surface area (Å²) < 4.78 is 18.9. The van der Waals surface area contributed by atoms with Crippen LogP contribution in [0.25, 0.3) is 10.2 Å². The number of hydrogen-bond donors (Lipinski definition) is 3. The third-order valence-electron chi connectivity index (χ3n) is 2.81. The molecule has 7 heteroatoms. The van der Waals surface area contributed by atoms with Crippen molar-refractivity contribution >= 4 is 26.7 Å². The molecule has 0 unspecified atom stereocenters. The van der Waals surface area contributed by atoms with Crippen molar-refractivity contribution in [3.63, 3.8) is 0 Å². The van der Waals surface area contributed by atoms with Crippen LogP contribution in [0.1, 0.15) is 6.42 Å². The number of aliphatic hydroxyl groups is 1. The van der Waals surface area contributed by atoms with E-state index in [1.165, 1.54) is 11.3 Å². The molecule has 0 fully saturated rings. The summed E-state index contributed by atoms with van der Waals surface area (Å²) in [5, 5.41) is 12.7. The Balaban J connectivity index is 2.03. The van der Waals surface area contributed by atoms with E-state index in [2.05, 4.69) is 10.3 Å². The molecule has 0 radical (unpaired) electrons. The summed E-state index contributed by atoms with van der Waals surface area (Å²) in [6.07, 6.45) is 1.16. The molecule has 0 aliphatic rings. The lowest BCUT2D eigenvalue weighted by atomic mass is 10.3. The molecule has 0 saturated carbocycles. The van der Waals surface area contributed by atoms with E-state index in [0.29, 0.717) is 30.6 Å². The third kappa shape index (κ3) is 4.38. The molecule has 0 bridgehead atoms. The fourth-order valence-corrected chi connectivity index (χ4v) is 2.58. The Morgan fingerprint density at radius 2 is 2.38 bits per heavy atom. The lowest BCUT2D eigenvalue weighted by molar-refractivity contribution is 0.292. The number of fused-ring (bicyclic) bond motifs is 1. The van der Waals surface area contributed by atoms with Gasteiger partial charge in [0.1, 0.15) is 12.4 Å². The highest BCUT2D eigenvalue weighted by atomic mass is 32.1. The zero-order valence-corrected chi connectivity index (χ0v) is 12.3. The molecule has 5 nitrogen and oxygen atoms in total. The zero-order chi connectivity index (χ0) is 15.1. The van der Waals surface area contributed by atoms with E-state index in [1.807, 2.05) is 12.1 Å². The van der Waals surface area contributed by atoms with Crippen molar-refractivity contribution in [2.24, 2.45) is 5.73 Å². The predicted octanol–water partition coefficient (Wildman–Crippen LogP) is 2.28. The largest absolute Gasteiger partial charge is 0.489 e. The van der Waals surface area contributed by atoms with E-state index in [9.17, 15) is 4.39 Å². The summed E-state index contributed by atoms with van der Waals surface area (Å²) in [6, 6.07) is 5.53. The number of benzene rings is 1. The molecule has 114 valence electrons. The number of thiazole rings is 1. The van der Waals surface area contributed by atoms with E-state index in [4.69, 9.17) is 15.6 Å². The smallest absolute Gasteiger partial charge is 0.183 e.